The van der Waals surface area contributed by atoms with Crippen LogP contribution in [0.4, 0.5) is 0 Å². The van der Waals surface area contributed by atoms with Gasteiger partial charge in [0, 0.05) is 6.61 Å². The van der Waals surface area contributed by atoms with E-state index in [-0.39, 0.29) is 12.2 Å². The molecular weight excluding hydrogens is 208 g/mol. The maximum absolute atomic E-state index is 11.4. The highest BCUT2D eigenvalue weighted by Crippen LogP contribution is 2.24. The number of aromatic nitrogens is 2. The molecule has 1 atom stereocenters. The Hall–Kier alpha value is -1.36. The smallest absolute Gasteiger partial charge is 0.341 e. The van der Waals surface area contributed by atoms with Gasteiger partial charge in [-0.15, -0.1) is 0 Å². The van der Waals surface area contributed by atoms with Crippen molar-refractivity contribution < 1.29 is 14.3 Å². The van der Waals surface area contributed by atoms with Gasteiger partial charge in [0.25, 0.3) is 0 Å². The fourth-order valence-electron chi connectivity index (χ4n) is 1.94. The molecule has 2 heterocycles. The first kappa shape index (κ1) is 11.1. The van der Waals surface area contributed by atoms with Crippen LogP contribution in [0.15, 0.2) is 6.20 Å². The Morgan fingerprint density at radius 3 is 3.06 bits per heavy atom. The SMILES string of the molecule is COC(=O)c1cnn(C2CCCCO2)c1C. The largest absolute Gasteiger partial charge is 0.465 e. The van der Waals surface area contributed by atoms with Crippen molar-refractivity contribution in [3.05, 3.63) is 17.5 Å². The van der Waals surface area contributed by atoms with Gasteiger partial charge in [-0.1, -0.05) is 0 Å². The highest BCUT2D eigenvalue weighted by atomic mass is 16.5. The number of ether oxygens (including phenoxy) is 2. The number of hydrogen-bond acceptors (Lipinski definition) is 4. The molecule has 1 saturated heterocycles. The predicted molar refractivity (Wildman–Crippen MR) is 57.1 cm³/mol. The highest BCUT2D eigenvalue weighted by molar-refractivity contribution is 5.90. The molecule has 5 heteroatoms. The van der Waals surface area contributed by atoms with Crippen molar-refractivity contribution in [2.24, 2.45) is 0 Å². The van der Waals surface area contributed by atoms with E-state index in [2.05, 4.69) is 9.84 Å². The zero-order chi connectivity index (χ0) is 11.5. The van der Waals surface area contributed by atoms with E-state index in [0.717, 1.165) is 31.6 Å². The number of methoxy groups -OCH3 is 1. The molecule has 0 N–H and O–H groups in total. The van der Waals surface area contributed by atoms with E-state index in [4.69, 9.17) is 4.74 Å². The third-order valence-corrected chi connectivity index (χ3v) is 2.88. The standard InChI is InChI=1S/C11H16N2O3/c1-8-9(11(14)15-2)7-12-13(8)10-5-3-4-6-16-10/h7,10H,3-6H2,1-2H3. The predicted octanol–water partition coefficient (Wildman–Crippen LogP) is 1.68. The van der Waals surface area contributed by atoms with Crippen LogP contribution in [-0.2, 0) is 9.47 Å². The van der Waals surface area contributed by atoms with Crippen LogP contribution in [-0.4, -0.2) is 29.5 Å². The molecule has 0 amide bonds. The van der Waals surface area contributed by atoms with Crippen LogP contribution in [0.1, 0.15) is 41.5 Å². The van der Waals surface area contributed by atoms with Crippen molar-refractivity contribution in [1.29, 1.82) is 0 Å². The molecule has 2 rings (SSSR count). The van der Waals surface area contributed by atoms with E-state index < -0.39 is 0 Å². The van der Waals surface area contributed by atoms with Gasteiger partial charge in [-0.3, -0.25) is 0 Å². The quantitative estimate of drug-likeness (QED) is 0.717. The lowest BCUT2D eigenvalue weighted by atomic mass is 10.2. The molecule has 1 aromatic heterocycles. The molecule has 5 nitrogen and oxygen atoms in total. The fourth-order valence-corrected chi connectivity index (χ4v) is 1.94. The van der Waals surface area contributed by atoms with Crippen LogP contribution in [0.5, 0.6) is 0 Å². The monoisotopic (exact) mass is 224 g/mol. The van der Waals surface area contributed by atoms with Gasteiger partial charge >= 0.3 is 5.97 Å². The number of esters is 1. The van der Waals surface area contributed by atoms with Crippen LogP contribution >= 0.6 is 0 Å². The Bertz CT molecular complexity index is 381. The number of hydrogen-bond donors (Lipinski definition) is 0. The van der Waals surface area contributed by atoms with Crippen molar-refractivity contribution in [2.75, 3.05) is 13.7 Å². The summed E-state index contributed by atoms with van der Waals surface area (Å²) < 4.78 is 12.1. The zero-order valence-corrected chi connectivity index (χ0v) is 9.60. The second kappa shape index (κ2) is 4.65. The first-order chi connectivity index (χ1) is 7.74. The van der Waals surface area contributed by atoms with E-state index in [9.17, 15) is 4.79 Å². The van der Waals surface area contributed by atoms with Gasteiger partial charge in [-0.25, -0.2) is 9.48 Å². The summed E-state index contributed by atoms with van der Waals surface area (Å²) >= 11 is 0. The number of carbonyl (C=O) groups is 1. The van der Waals surface area contributed by atoms with Gasteiger partial charge in [-0.2, -0.15) is 5.10 Å². The summed E-state index contributed by atoms with van der Waals surface area (Å²) in [4.78, 5) is 11.4. The van der Waals surface area contributed by atoms with Crippen molar-refractivity contribution in [2.45, 2.75) is 32.4 Å². The number of carbonyl (C=O) groups excluding carboxylic acids is 1. The lowest BCUT2D eigenvalue weighted by molar-refractivity contribution is -0.0406. The molecule has 1 fully saturated rings. The van der Waals surface area contributed by atoms with Gasteiger partial charge in [0.15, 0.2) is 0 Å². The molecule has 0 saturated carbocycles. The Balaban J connectivity index is 2.21. The summed E-state index contributed by atoms with van der Waals surface area (Å²) in [7, 11) is 1.37. The third kappa shape index (κ3) is 1.95. The van der Waals surface area contributed by atoms with E-state index in [0.29, 0.717) is 5.56 Å². The van der Waals surface area contributed by atoms with Crippen LogP contribution in [0.3, 0.4) is 0 Å². The Morgan fingerprint density at radius 1 is 1.62 bits per heavy atom. The average Bonchev–Trinajstić information content (AvgIpc) is 2.71. The van der Waals surface area contributed by atoms with Crippen molar-refractivity contribution in [3.8, 4) is 0 Å². The number of rotatable bonds is 2. The summed E-state index contributed by atoms with van der Waals surface area (Å²) in [5, 5.41) is 4.20. The minimum absolute atomic E-state index is 0.0350. The van der Waals surface area contributed by atoms with Crippen LogP contribution in [0.25, 0.3) is 0 Å². The molecule has 1 aliphatic rings. The lowest BCUT2D eigenvalue weighted by Crippen LogP contribution is -2.20. The minimum Gasteiger partial charge on any atom is -0.465 e. The van der Waals surface area contributed by atoms with Crippen molar-refractivity contribution in [3.63, 3.8) is 0 Å². The summed E-state index contributed by atoms with van der Waals surface area (Å²) in [6.45, 7) is 2.62. The first-order valence-electron chi connectivity index (χ1n) is 5.48. The summed E-state index contributed by atoms with van der Waals surface area (Å²) in [5.74, 6) is -0.348. The molecule has 0 aliphatic carbocycles. The van der Waals surface area contributed by atoms with Crippen LogP contribution < -0.4 is 0 Å². The summed E-state index contributed by atoms with van der Waals surface area (Å²) in [5.41, 5.74) is 1.32. The Morgan fingerprint density at radius 2 is 2.44 bits per heavy atom. The first-order valence-corrected chi connectivity index (χ1v) is 5.48. The van der Waals surface area contributed by atoms with E-state index >= 15 is 0 Å². The minimum atomic E-state index is -0.348. The van der Waals surface area contributed by atoms with Crippen LogP contribution in [0.2, 0.25) is 0 Å². The van der Waals surface area contributed by atoms with Crippen LogP contribution in [0, 0.1) is 6.92 Å². The molecule has 1 unspecified atom stereocenters. The van der Waals surface area contributed by atoms with Gasteiger partial charge in [-0.05, 0) is 26.2 Å². The van der Waals surface area contributed by atoms with Crippen molar-refractivity contribution >= 4 is 5.97 Å². The van der Waals surface area contributed by atoms with Gasteiger partial charge in [0.1, 0.15) is 11.8 Å². The van der Waals surface area contributed by atoms with E-state index in [1.54, 1.807) is 10.9 Å². The lowest BCUT2D eigenvalue weighted by Gasteiger charge is -2.23. The van der Waals surface area contributed by atoms with Gasteiger partial charge in [0.05, 0.1) is 19.0 Å². The second-order valence-corrected chi connectivity index (χ2v) is 3.90. The molecule has 1 aliphatic heterocycles. The average molecular weight is 224 g/mol. The molecule has 0 bridgehead atoms. The van der Waals surface area contributed by atoms with Gasteiger partial charge in [0.2, 0.25) is 0 Å². The van der Waals surface area contributed by atoms with E-state index in [1.165, 1.54) is 7.11 Å². The fraction of sp³-hybridized carbons (Fsp3) is 0.636. The molecule has 88 valence electrons. The maximum Gasteiger partial charge on any atom is 0.341 e. The normalized spacial score (nSPS) is 20.8. The maximum atomic E-state index is 11.4. The Labute approximate surface area is 94.3 Å². The molecule has 0 spiro atoms. The summed E-state index contributed by atoms with van der Waals surface area (Å²) in [6.07, 6.45) is 4.69. The van der Waals surface area contributed by atoms with E-state index in [1.807, 2.05) is 6.92 Å². The molecule has 1 aromatic rings. The Kier molecular flexibility index (Phi) is 3.24. The summed E-state index contributed by atoms with van der Waals surface area (Å²) in [6, 6.07) is 0. The molecular formula is C11H16N2O3. The number of nitrogens with zero attached hydrogens (tertiary/aromatic N) is 2. The third-order valence-electron chi connectivity index (χ3n) is 2.88. The zero-order valence-electron chi connectivity index (χ0n) is 9.60. The molecule has 16 heavy (non-hydrogen) atoms. The second-order valence-electron chi connectivity index (χ2n) is 3.90. The molecule has 0 radical (unpaired) electrons. The molecule has 0 aromatic carbocycles. The highest BCUT2D eigenvalue weighted by Gasteiger charge is 2.22. The topological polar surface area (TPSA) is 53.3 Å². The van der Waals surface area contributed by atoms with Crippen molar-refractivity contribution in [1.82, 2.24) is 9.78 Å². The van der Waals surface area contributed by atoms with Gasteiger partial charge < -0.3 is 9.47 Å².